The topological polar surface area (TPSA) is 29.5 Å². The molecule has 2 rings (SSSR count). The minimum Gasteiger partial charge on any atom is -0.447 e. The van der Waals surface area contributed by atoms with E-state index in [-0.39, 0.29) is 6.61 Å². The van der Waals surface area contributed by atoms with Gasteiger partial charge in [0.2, 0.25) is 0 Å². The highest BCUT2D eigenvalue weighted by atomic mass is 35.5. The zero-order valence-corrected chi connectivity index (χ0v) is 11.5. The van der Waals surface area contributed by atoms with E-state index in [0.717, 1.165) is 11.1 Å². The first-order chi connectivity index (χ1) is 9.83. The summed E-state index contributed by atoms with van der Waals surface area (Å²) in [4.78, 5) is 0. The van der Waals surface area contributed by atoms with Crippen molar-refractivity contribution in [2.75, 3.05) is 0 Å². The second-order valence-electron chi connectivity index (χ2n) is 3.95. The summed E-state index contributed by atoms with van der Waals surface area (Å²) >= 11 is 5.72. The van der Waals surface area contributed by atoms with Crippen LogP contribution in [-0.4, -0.2) is 5.11 Å². The maximum absolute atomic E-state index is 9.24. The quantitative estimate of drug-likeness (QED) is 0.688. The Bertz CT molecular complexity index is 651. The van der Waals surface area contributed by atoms with Crippen molar-refractivity contribution in [1.29, 1.82) is 0 Å². The minimum absolute atomic E-state index is 0.0513. The van der Waals surface area contributed by atoms with Gasteiger partial charge < -0.3 is 9.84 Å². The van der Waals surface area contributed by atoms with Crippen LogP contribution in [0.1, 0.15) is 11.1 Å². The Morgan fingerprint density at radius 1 is 1.10 bits per heavy atom. The molecule has 0 saturated heterocycles. The molecule has 0 fully saturated rings. The Hall–Kier alpha value is -2.21. The second kappa shape index (κ2) is 7.40. The van der Waals surface area contributed by atoms with Crippen LogP contribution in [0.3, 0.4) is 0 Å². The molecule has 2 aromatic carbocycles. The van der Waals surface area contributed by atoms with Gasteiger partial charge in [-0.1, -0.05) is 53.9 Å². The Balaban J connectivity index is 2.18. The highest BCUT2D eigenvalue weighted by Gasteiger charge is 1.98. The summed E-state index contributed by atoms with van der Waals surface area (Å²) in [7, 11) is 0. The van der Waals surface area contributed by atoms with E-state index in [1.807, 2.05) is 54.6 Å². The van der Waals surface area contributed by atoms with Gasteiger partial charge in [-0.2, -0.15) is 0 Å². The molecule has 0 atom stereocenters. The average Bonchev–Trinajstić information content (AvgIpc) is 2.52. The highest BCUT2D eigenvalue weighted by molar-refractivity contribution is 6.25. The first kappa shape index (κ1) is 14.2. The van der Waals surface area contributed by atoms with Crippen molar-refractivity contribution in [2.45, 2.75) is 6.61 Å². The predicted molar refractivity (Wildman–Crippen MR) is 80.2 cm³/mol. The first-order valence-electron chi connectivity index (χ1n) is 6.07. The molecule has 0 heterocycles. The van der Waals surface area contributed by atoms with Gasteiger partial charge in [-0.25, -0.2) is 0 Å². The fourth-order valence-corrected chi connectivity index (χ4v) is 1.70. The van der Waals surface area contributed by atoms with Gasteiger partial charge in [-0.05, 0) is 29.7 Å². The molecule has 0 aliphatic carbocycles. The van der Waals surface area contributed by atoms with Crippen LogP contribution in [0.4, 0.5) is 0 Å². The van der Waals surface area contributed by atoms with Crippen LogP contribution >= 0.6 is 11.6 Å². The van der Waals surface area contributed by atoms with Crippen LogP contribution in [0, 0.1) is 11.8 Å². The highest BCUT2D eigenvalue weighted by Crippen LogP contribution is 2.13. The molecule has 2 nitrogen and oxygen atoms in total. The van der Waals surface area contributed by atoms with Crippen molar-refractivity contribution in [2.24, 2.45) is 0 Å². The molecule has 0 spiro atoms. The van der Waals surface area contributed by atoms with Gasteiger partial charge in [0.15, 0.2) is 5.76 Å². The maximum atomic E-state index is 9.24. The van der Waals surface area contributed by atoms with Crippen molar-refractivity contribution in [1.82, 2.24) is 0 Å². The molecule has 0 amide bonds. The Morgan fingerprint density at radius 3 is 2.50 bits per heavy atom. The SMILES string of the molecule is OCc1ccccc1C#C/C(=C/Cl)Oc1ccccc1. The molecule has 0 radical (unpaired) electrons. The zero-order chi connectivity index (χ0) is 14.2. The van der Waals surface area contributed by atoms with E-state index in [2.05, 4.69) is 11.8 Å². The third kappa shape index (κ3) is 3.89. The van der Waals surface area contributed by atoms with Crippen molar-refractivity contribution >= 4 is 11.6 Å². The monoisotopic (exact) mass is 284 g/mol. The molecule has 0 aliphatic heterocycles. The largest absolute Gasteiger partial charge is 0.447 e. The van der Waals surface area contributed by atoms with E-state index in [4.69, 9.17) is 16.3 Å². The van der Waals surface area contributed by atoms with Crippen LogP contribution in [0.15, 0.2) is 65.9 Å². The third-order valence-electron chi connectivity index (χ3n) is 2.58. The Labute approximate surface area is 123 Å². The number of hydrogen-bond acceptors (Lipinski definition) is 2. The summed E-state index contributed by atoms with van der Waals surface area (Å²) in [6, 6.07) is 16.7. The zero-order valence-electron chi connectivity index (χ0n) is 10.7. The van der Waals surface area contributed by atoms with E-state index < -0.39 is 0 Å². The maximum Gasteiger partial charge on any atom is 0.189 e. The number of benzene rings is 2. The van der Waals surface area contributed by atoms with Gasteiger partial charge in [0.05, 0.1) is 12.1 Å². The lowest BCUT2D eigenvalue weighted by Crippen LogP contribution is -1.93. The number of hydrogen-bond donors (Lipinski definition) is 1. The normalized spacial score (nSPS) is 10.6. The second-order valence-corrected chi connectivity index (χ2v) is 4.17. The molecule has 100 valence electrons. The van der Waals surface area contributed by atoms with E-state index in [0.29, 0.717) is 11.5 Å². The summed E-state index contributed by atoms with van der Waals surface area (Å²) < 4.78 is 5.55. The molecule has 3 heteroatoms. The molecule has 0 aliphatic rings. The number of ether oxygens (including phenoxy) is 1. The Kier molecular flexibility index (Phi) is 5.25. The number of allylic oxidation sites excluding steroid dienone is 1. The molecule has 20 heavy (non-hydrogen) atoms. The summed E-state index contributed by atoms with van der Waals surface area (Å²) in [6.45, 7) is -0.0513. The first-order valence-corrected chi connectivity index (χ1v) is 6.51. The van der Waals surface area contributed by atoms with Crippen molar-refractivity contribution < 1.29 is 9.84 Å². The molecule has 0 saturated carbocycles. The standard InChI is InChI=1S/C17H13ClO2/c18-12-17(20-16-8-2-1-3-9-16)11-10-14-6-4-5-7-15(14)13-19/h1-9,12,19H,13H2/b17-12-. The van der Waals surface area contributed by atoms with Gasteiger partial charge >= 0.3 is 0 Å². The number of halogens is 1. The fraction of sp³-hybridized carbons (Fsp3) is 0.0588. The summed E-state index contributed by atoms with van der Waals surface area (Å²) in [5, 5.41) is 9.24. The minimum atomic E-state index is -0.0513. The summed E-state index contributed by atoms with van der Waals surface area (Å²) in [6.07, 6.45) is 0. The summed E-state index contributed by atoms with van der Waals surface area (Å²) in [5.74, 6) is 6.83. The van der Waals surface area contributed by atoms with Crippen molar-refractivity contribution in [3.05, 3.63) is 77.0 Å². The molecular weight excluding hydrogens is 272 g/mol. The number of aliphatic hydroxyl groups excluding tert-OH is 1. The van der Waals surface area contributed by atoms with Gasteiger partial charge in [0, 0.05) is 5.56 Å². The van der Waals surface area contributed by atoms with Gasteiger partial charge in [-0.15, -0.1) is 0 Å². The van der Waals surface area contributed by atoms with Gasteiger partial charge in [-0.3, -0.25) is 0 Å². The van der Waals surface area contributed by atoms with Gasteiger partial charge in [0.1, 0.15) is 5.75 Å². The van der Waals surface area contributed by atoms with Crippen LogP contribution in [0.25, 0.3) is 0 Å². The van der Waals surface area contributed by atoms with E-state index in [1.165, 1.54) is 5.54 Å². The molecule has 0 bridgehead atoms. The predicted octanol–water partition coefficient (Wildman–Crippen LogP) is 3.69. The number of rotatable bonds is 3. The lowest BCUT2D eigenvalue weighted by molar-refractivity contribution is 0.281. The van der Waals surface area contributed by atoms with Crippen LogP contribution in [-0.2, 0) is 6.61 Å². The Morgan fingerprint density at radius 2 is 1.80 bits per heavy atom. The van der Waals surface area contributed by atoms with E-state index >= 15 is 0 Å². The molecule has 0 aromatic heterocycles. The lowest BCUT2D eigenvalue weighted by Gasteiger charge is -2.03. The lowest BCUT2D eigenvalue weighted by atomic mass is 10.1. The molecule has 1 N–H and O–H groups in total. The molecule has 0 unspecified atom stereocenters. The smallest absolute Gasteiger partial charge is 0.189 e. The molecular formula is C17H13ClO2. The van der Waals surface area contributed by atoms with Crippen molar-refractivity contribution in [3.63, 3.8) is 0 Å². The van der Waals surface area contributed by atoms with Gasteiger partial charge in [0.25, 0.3) is 0 Å². The number of para-hydroxylation sites is 1. The van der Waals surface area contributed by atoms with E-state index in [9.17, 15) is 5.11 Å². The molecule has 2 aromatic rings. The van der Waals surface area contributed by atoms with Crippen LogP contribution in [0.2, 0.25) is 0 Å². The average molecular weight is 285 g/mol. The van der Waals surface area contributed by atoms with E-state index in [1.54, 1.807) is 0 Å². The van der Waals surface area contributed by atoms with Crippen LogP contribution in [0.5, 0.6) is 5.75 Å². The fourth-order valence-electron chi connectivity index (χ4n) is 1.60. The number of aliphatic hydroxyl groups is 1. The van der Waals surface area contributed by atoms with Crippen molar-refractivity contribution in [3.8, 4) is 17.6 Å². The third-order valence-corrected chi connectivity index (χ3v) is 2.78. The van der Waals surface area contributed by atoms with Crippen LogP contribution < -0.4 is 4.74 Å². The summed E-state index contributed by atoms with van der Waals surface area (Å²) in [5.41, 5.74) is 2.82.